The van der Waals surface area contributed by atoms with Crippen LogP contribution in [0.15, 0.2) is 78.9 Å². The number of nitrogens with two attached hydrogens (primary N) is 1. The highest BCUT2D eigenvalue weighted by Crippen LogP contribution is 2.46. The average Bonchev–Trinajstić information content (AvgIpc) is 2.63. The predicted molar refractivity (Wildman–Crippen MR) is 95.6 cm³/mol. The molecule has 1 heterocycles. The third kappa shape index (κ3) is 3.42. The standard InChI is InChI=1S/C19H19N2OP/c20-14-16-8-7-9-17(21-16)15-23(22,18-10-3-1-4-11-18)19-12-5-2-6-13-19/h1-13H,14-15,20H2. The van der Waals surface area contributed by atoms with Crippen LogP contribution in [0.4, 0.5) is 0 Å². The van der Waals surface area contributed by atoms with Gasteiger partial charge in [-0.15, -0.1) is 0 Å². The van der Waals surface area contributed by atoms with Crippen molar-refractivity contribution in [2.75, 3.05) is 0 Å². The summed E-state index contributed by atoms with van der Waals surface area (Å²) < 4.78 is 13.9. The highest BCUT2D eigenvalue weighted by atomic mass is 31.2. The van der Waals surface area contributed by atoms with Gasteiger partial charge in [0.1, 0.15) is 7.14 Å². The maximum Gasteiger partial charge on any atom is 0.148 e. The van der Waals surface area contributed by atoms with Gasteiger partial charge in [0.25, 0.3) is 0 Å². The Morgan fingerprint density at radius 2 is 1.26 bits per heavy atom. The summed E-state index contributed by atoms with van der Waals surface area (Å²) >= 11 is 0. The molecular formula is C19H19N2OP. The molecule has 3 aromatic rings. The van der Waals surface area contributed by atoms with Crippen LogP contribution in [-0.4, -0.2) is 4.98 Å². The van der Waals surface area contributed by atoms with Gasteiger partial charge >= 0.3 is 0 Å². The minimum Gasteiger partial charge on any atom is -0.325 e. The highest BCUT2D eigenvalue weighted by Gasteiger charge is 2.27. The molecule has 2 N–H and O–H groups in total. The number of pyridine rings is 1. The van der Waals surface area contributed by atoms with E-state index in [1.54, 1.807) is 0 Å². The summed E-state index contributed by atoms with van der Waals surface area (Å²) in [4.78, 5) is 4.53. The van der Waals surface area contributed by atoms with Crippen molar-refractivity contribution in [1.29, 1.82) is 0 Å². The lowest BCUT2D eigenvalue weighted by molar-refractivity contribution is 0.586. The van der Waals surface area contributed by atoms with E-state index in [0.29, 0.717) is 12.7 Å². The van der Waals surface area contributed by atoms with Crippen LogP contribution in [0.25, 0.3) is 0 Å². The molecule has 0 radical (unpaired) electrons. The van der Waals surface area contributed by atoms with E-state index < -0.39 is 7.14 Å². The van der Waals surface area contributed by atoms with Gasteiger partial charge in [-0.25, -0.2) is 0 Å². The fourth-order valence-corrected chi connectivity index (χ4v) is 5.23. The van der Waals surface area contributed by atoms with Crippen molar-refractivity contribution in [1.82, 2.24) is 4.98 Å². The first-order chi connectivity index (χ1) is 11.2. The number of aromatic nitrogens is 1. The summed E-state index contributed by atoms with van der Waals surface area (Å²) in [6.45, 7) is 0.384. The van der Waals surface area contributed by atoms with Crippen molar-refractivity contribution < 1.29 is 4.57 Å². The van der Waals surface area contributed by atoms with Crippen LogP contribution in [0.5, 0.6) is 0 Å². The molecule has 0 aliphatic heterocycles. The molecule has 0 amide bonds. The summed E-state index contributed by atoms with van der Waals surface area (Å²) in [5.74, 6) is 0. The molecule has 0 fully saturated rings. The van der Waals surface area contributed by atoms with Crippen molar-refractivity contribution in [3.63, 3.8) is 0 Å². The Labute approximate surface area is 136 Å². The third-order valence-electron chi connectivity index (χ3n) is 3.80. The van der Waals surface area contributed by atoms with E-state index in [1.165, 1.54) is 0 Å². The first kappa shape index (κ1) is 15.7. The van der Waals surface area contributed by atoms with Gasteiger partial charge in [0.2, 0.25) is 0 Å². The largest absolute Gasteiger partial charge is 0.325 e. The number of hydrogen-bond acceptors (Lipinski definition) is 3. The molecule has 3 nitrogen and oxygen atoms in total. The smallest absolute Gasteiger partial charge is 0.148 e. The lowest BCUT2D eigenvalue weighted by atomic mass is 10.3. The van der Waals surface area contributed by atoms with Gasteiger partial charge < -0.3 is 10.3 Å². The molecule has 0 spiro atoms. The summed E-state index contributed by atoms with van der Waals surface area (Å²) in [5, 5.41) is 1.71. The van der Waals surface area contributed by atoms with Crippen LogP contribution >= 0.6 is 7.14 Å². The second-order valence-electron chi connectivity index (χ2n) is 5.39. The monoisotopic (exact) mass is 322 g/mol. The molecule has 0 saturated heterocycles. The first-order valence-corrected chi connectivity index (χ1v) is 9.47. The number of rotatable bonds is 5. The molecule has 4 heteroatoms. The van der Waals surface area contributed by atoms with Crippen LogP contribution in [0.1, 0.15) is 11.4 Å². The Morgan fingerprint density at radius 1 is 0.739 bits per heavy atom. The molecule has 1 aromatic heterocycles. The van der Waals surface area contributed by atoms with Crippen molar-refractivity contribution in [2.45, 2.75) is 12.7 Å². The summed E-state index contributed by atoms with van der Waals surface area (Å²) in [7, 11) is -2.78. The van der Waals surface area contributed by atoms with Gasteiger partial charge in [-0.05, 0) is 12.1 Å². The third-order valence-corrected chi connectivity index (χ3v) is 6.84. The Kier molecular flexibility index (Phi) is 4.71. The lowest BCUT2D eigenvalue weighted by Gasteiger charge is -2.19. The van der Waals surface area contributed by atoms with E-state index in [2.05, 4.69) is 4.98 Å². The summed E-state index contributed by atoms with van der Waals surface area (Å²) in [6.07, 6.45) is 0.398. The SMILES string of the molecule is NCc1cccc(CP(=O)(c2ccccc2)c2ccccc2)n1. The van der Waals surface area contributed by atoms with Crippen LogP contribution in [0.3, 0.4) is 0 Å². The van der Waals surface area contributed by atoms with E-state index in [-0.39, 0.29) is 0 Å². The Balaban J connectivity index is 2.08. The Bertz CT molecular complexity index is 776. The van der Waals surface area contributed by atoms with E-state index in [9.17, 15) is 4.57 Å². The molecule has 0 atom stereocenters. The number of hydrogen-bond donors (Lipinski definition) is 1. The molecule has 0 aliphatic carbocycles. The minimum atomic E-state index is -2.78. The molecule has 23 heavy (non-hydrogen) atoms. The van der Waals surface area contributed by atoms with E-state index in [4.69, 9.17) is 5.73 Å². The molecule has 0 aliphatic rings. The molecule has 0 bridgehead atoms. The van der Waals surface area contributed by atoms with Crippen LogP contribution in [0, 0.1) is 0 Å². The van der Waals surface area contributed by atoms with Gasteiger partial charge in [0.05, 0.1) is 11.9 Å². The second kappa shape index (κ2) is 6.91. The second-order valence-corrected chi connectivity index (χ2v) is 8.22. The van der Waals surface area contributed by atoms with Gasteiger partial charge in [-0.2, -0.15) is 0 Å². The quantitative estimate of drug-likeness (QED) is 0.735. The first-order valence-electron chi connectivity index (χ1n) is 7.57. The lowest BCUT2D eigenvalue weighted by Crippen LogP contribution is -2.18. The van der Waals surface area contributed by atoms with Crippen LogP contribution in [0.2, 0.25) is 0 Å². The van der Waals surface area contributed by atoms with Crippen LogP contribution < -0.4 is 16.3 Å². The molecule has 0 unspecified atom stereocenters. The molecule has 3 rings (SSSR count). The number of nitrogens with zero attached hydrogens (tertiary/aromatic N) is 1. The topological polar surface area (TPSA) is 56.0 Å². The maximum atomic E-state index is 13.9. The van der Waals surface area contributed by atoms with Gasteiger partial charge in [-0.1, -0.05) is 66.7 Å². The Morgan fingerprint density at radius 3 is 1.78 bits per heavy atom. The van der Waals surface area contributed by atoms with Gasteiger partial charge in [0, 0.05) is 22.8 Å². The van der Waals surface area contributed by atoms with Gasteiger partial charge in [-0.3, -0.25) is 4.98 Å². The predicted octanol–water partition coefficient (Wildman–Crippen LogP) is 3.05. The van der Waals surface area contributed by atoms with Crippen molar-refractivity contribution in [3.8, 4) is 0 Å². The number of benzene rings is 2. The highest BCUT2D eigenvalue weighted by molar-refractivity contribution is 7.78. The maximum absolute atomic E-state index is 13.9. The van der Waals surface area contributed by atoms with Crippen molar-refractivity contribution >= 4 is 17.8 Å². The zero-order valence-electron chi connectivity index (χ0n) is 12.8. The summed E-state index contributed by atoms with van der Waals surface area (Å²) in [6, 6.07) is 25.0. The zero-order chi connectivity index (χ0) is 16.1. The summed E-state index contributed by atoms with van der Waals surface area (Å²) in [5.41, 5.74) is 7.30. The molecule has 2 aromatic carbocycles. The minimum absolute atomic E-state index is 0.384. The van der Waals surface area contributed by atoms with Gasteiger partial charge in [0.15, 0.2) is 0 Å². The van der Waals surface area contributed by atoms with Crippen molar-refractivity contribution in [3.05, 3.63) is 90.3 Å². The molecule has 0 saturated carbocycles. The fraction of sp³-hybridized carbons (Fsp3) is 0.105. The van der Waals surface area contributed by atoms with Crippen molar-refractivity contribution in [2.24, 2.45) is 5.73 Å². The van der Waals surface area contributed by atoms with E-state index >= 15 is 0 Å². The average molecular weight is 322 g/mol. The zero-order valence-corrected chi connectivity index (χ0v) is 13.7. The Hall–Kier alpha value is -2.22. The van der Waals surface area contributed by atoms with Crippen LogP contribution in [-0.2, 0) is 17.3 Å². The normalized spacial score (nSPS) is 11.3. The van der Waals surface area contributed by atoms with E-state index in [0.717, 1.165) is 22.0 Å². The fourth-order valence-electron chi connectivity index (χ4n) is 2.63. The molecular weight excluding hydrogens is 303 g/mol. The van der Waals surface area contributed by atoms with E-state index in [1.807, 2.05) is 78.9 Å². The molecule has 116 valence electrons.